The van der Waals surface area contributed by atoms with E-state index in [0.717, 1.165) is 31.3 Å². The summed E-state index contributed by atoms with van der Waals surface area (Å²) in [5.41, 5.74) is 0. The van der Waals surface area contributed by atoms with Crippen molar-refractivity contribution in [1.29, 1.82) is 0 Å². The van der Waals surface area contributed by atoms with Crippen LogP contribution in [0.4, 0.5) is 9.93 Å². The lowest BCUT2D eigenvalue weighted by Gasteiger charge is -2.34. The molecule has 94 valence electrons. The third-order valence-corrected chi connectivity index (χ3v) is 3.75. The van der Waals surface area contributed by atoms with Crippen LogP contribution in [0.5, 0.6) is 0 Å². The predicted octanol–water partition coefficient (Wildman–Crippen LogP) is 1.30. The first-order valence-electron chi connectivity index (χ1n) is 5.91. The number of hydrogen-bond donors (Lipinski definition) is 1. The van der Waals surface area contributed by atoms with Gasteiger partial charge in [-0.2, -0.15) is 0 Å². The lowest BCUT2D eigenvalue weighted by Crippen LogP contribution is -2.51. The molecule has 17 heavy (non-hydrogen) atoms. The lowest BCUT2D eigenvalue weighted by atomic mass is 10.3. The zero-order chi connectivity index (χ0) is 12.3. The molecule has 2 heterocycles. The van der Waals surface area contributed by atoms with E-state index in [1.807, 2.05) is 18.0 Å². The predicted molar refractivity (Wildman–Crippen MR) is 69.7 cm³/mol. The van der Waals surface area contributed by atoms with Crippen LogP contribution < -0.4 is 10.2 Å². The van der Waals surface area contributed by atoms with E-state index in [1.54, 1.807) is 11.3 Å². The van der Waals surface area contributed by atoms with Crippen molar-refractivity contribution in [3.05, 3.63) is 11.1 Å². The number of amides is 2. The van der Waals surface area contributed by atoms with Gasteiger partial charge in [0.2, 0.25) is 0 Å². The number of aryl methyl sites for hydroxylation is 1. The summed E-state index contributed by atoms with van der Waals surface area (Å²) in [6, 6.07) is 0.0440. The summed E-state index contributed by atoms with van der Waals surface area (Å²) in [5, 5.41) is 3.90. The van der Waals surface area contributed by atoms with Gasteiger partial charge in [0.15, 0.2) is 5.13 Å². The molecule has 0 bridgehead atoms. The standard InChI is InChI=1S/C11H18N4OS/c1-3-12-10(16)14-4-6-15(7-5-14)11-13-8-9(2)17-11/h8H,3-7H2,1-2H3,(H,12,16). The summed E-state index contributed by atoms with van der Waals surface area (Å²) in [4.78, 5) is 21.3. The van der Waals surface area contributed by atoms with Crippen LogP contribution >= 0.6 is 11.3 Å². The fourth-order valence-electron chi connectivity index (χ4n) is 1.85. The molecule has 1 fully saturated rings. The molecular formula is C11H18N4OS. The Kier molecular flexibility index (Phi) is 3.83. The van der Waals surface area contributed by atoms with Gasteiger partial charge >= 0.3 is 6.03 Å². The van der Waals surface area contributed by atoms with Crippen molar-refractivity contribution in [2.45, 2.75) is 13.8 Å². The molecule has 0 spiro atoms. The summed E-state index contributed by atoms with van der Waals surface area (Å²) >= 11 is 1.71. The Labute approximate surface area is 105 Å². The number of hydrogen-bond acceptors (Lipinski definition) is 4. The van der Waals surface area contributed by atoms with Gasteiger partial charge in [0.05, 0.1) is 0 Å². The molecule has 2 amide bonds. The number of carbonyl (C=O) groups excluding carboxylic acids is 1. The van der Waals surface area contributed by atoms with Gasteiger partial charge in [-0.3, -0.25) is 0 Å². The fourth-order valence-corrected chi connectivity index (χ4v) is 2.66. The molecule has 1 aliphatic rings. The Morgan fingerprint density at radius 3 is 2.71 bits per heavy atom. The van der Waals surface area contributed by atoms with Gasteiger partial charge in [-0.15, -0.1) is 11.3 Å². The first-order chi connectivity index (χ1) is 8.20. The summed E-state index contributed by atoms with van der Waals surface area (Å²) in [6.07, 6.45) is 1.90. The highest BCUT2D eigenvalue weighted by Gasteiger charge is 2.21. The molecule has 0 saturated carbocycles. The van der Waals surface area contributed by atoms with E-state index >= 15 is 0 Å². The number of piperazine rings is 1. The van der Waals surface area contributed by atoms with Crippen LogP contribution in [0.15, 0.2) is 6.20 Å². The van der Waals surface area contributed by atoms with Crippen LogP contribution in [-0.2, 0) is 0 Å². The van der Waals surface area contributed by atoms with E-state index < -0.39 is 0 Å². The van der Waals surface area contributed by atoms with E-state index in [2.05, 4.69) is 22.1 Å². The smallest absolute Gasteiger partial charge is 0.317 e. The van der Waals surface area contributed by atoms with Gasteiger partial charge in [-0.05, 0) is 13.8 Å². The monoisotopic (exact) mass is 254 g/mol. The highest BCUT2D eigenvalue weighted by Crippen LogP contribution is 2.22. The molecule has 1 aromatic heterocycles. The van der Waals surface area contributed by atoms with Gasteiger partial charge in [-0.25, -0.2) is 9.78 Å². The molecule has 0 atom stereocenters. The van der Waals surface area contributed by atoms with Crippen molar-refractivity contribution in [2.24, 2.45) is 0 Å². The second-order valence-corrected chi connectivity index (χ2v) is 5.28. The molecule has 2 rings (SSSR count). The summed E-state index contributed by atoms with van der Waals surface area (Å²) in [5.74, 6) is 0. The zero-order valence-electron chi connectivity index (χ0n) is 10.3. The van der Waals surface area contributed by atoms with Gasteiger partial charge < -0.3 is 15.1 Å². The Hall–Kier alpha value is -1.30. The van der Waals surface area contributed by atoms with Crippen LogP contribution in [0.1, 0.15) is 11.8 Å². The SMILES string of the molecule is CCNC(=O)N1CCN(c2ncc(C)s2)CC1. The molecule has 6 heteroatoms. The second-order valence-electron chi connectivity index (χ2n) is 4.06. The van der Waals surface area contributed by atoms with Gasteiger partial charge in [-0.1, -0.05) is 0 Å². The molecular weight excluding hydrogens is 236 g/mol. The minimum Gasteiger partial charge on any atom is -0.345 e. The topological polar surface area (TPSA) is 48.5 Å². The summed E-state index contributed by atoms with van der Waals surface area (Å²) < 4.78 is 0. The second kappa shape index (κ2) is 5.35. The lowest BCUT2D eigenvalue weighted by molar-refractivity contribution is 0.195. The van der Waals surface area contributed by atoms with Gasteiger partial charge in [0.1, 0.15) is 0 Å². The molecule has 5 nitrogen and oxygen atoms in total. The Bertz CT molecular complexity index is 385. The van der Waals surface area contributed by atoms with Crippen LogP contribution in [-0.4, -0.2) is 48.6 Å². The zero-order valence-corrected chi connectivity index (χ0v) is 11.1. The average Bonchev–Trinajstić information content (AvgIpc) is 2.76. The maximum Gasteiger partial charge on any atom is 0.317 e. The maximum atomic E-state index is 11.6. The molecule has 1 N–H and O–H groups in total. The van der Waals surface area contributed by atoms with Crippen LogP contribution in [0, 0.1) is 6.92 Å². The number of urea groups is 1. The van der Waals surface area contributed by atoms with Crippen molar-refractivity contribution in [3.63, 3.8) is 0 Å². The molecule has 1 aliphatic heterocycles. The molecule has 0 unspecified atom stereocenters. The van der Waals surface area contributed by atoms with Crippen LogP contribution in [0.25, 0.3) is 0 Å². The fraction of sp³-hybridized carbons (Fsp3) is 0.636. The number of carbonyl (C=O) groups is 1. The highest BCUT2D eigenvalue weighted by molar-refractivity contribution is 7.15. The minimum atomic E-state index is 0.0440. The van der Waals surface area contributed by atoms with Gasteiger partial charge in [0, 0.05) is 43.8 Å². The van der Waals surface area contributed by atoms with Crippen molar-refractivity contribution in [3.8, 4) is 0 Å². The van der Waals surface area contributed by atoms with Crippen molar-refractivity contribution >= 4 is 22.5 Å². The first kappa shape index (κ1) is 12.2. The molecule has 0 aliphatic carbocycles. The van der Waals surface area contributed by atoms with Crippen molar-refractivity contribution in [2.75, 3.05) is 37.6 Å². The number of aromatic nitrogens is 1. The molecule has 0 aromatic carbocycles. The van der Waals surface area contributed by atoms with Gasteiger partial charge in [0.25, 0.3) is 0 Å². The first-order valence-corrected chi connectivity index (χ1v) is 6.72. The third-order valence-electron chi connectivity index (χ3n) is 2.77. The highest BCUT2D eigenvalue weighted by atomic mass is 32.1. The quantitative estimate of drug-likeness (QED) is 0.865. The third kappa shape index (κ3) is 2.88. The molecule has 0 radical (unpaired) electrons. The summed E-state index contributed by atoms with van der Waals surface area (Å²) in [6.45, 7) is 7.95. The van der Waals surface area contributed by atoms with E-state index in [-0.39, 0.29) is 6.03 Å². The summed E-state index contributed by atoms with van der Waals surface area (Å²) in [7, 11) is 0. The largest absolute Gasteiger partial charge is 0.345 e. The Morgan fingerprint density at radius 2 is 2.18 bits per heavy atom. The van der Waals surface area contributed by atoms with E-state index in [0.29, 0.717) is 6.54 Å². The van der Waals surface area contributed by atoms with Crippen LogP contribution in [0.2, 0.25) is 0 Å². The number of nitrogens with zero attached hydrogens (tertiary/aromatic N) is 3. The van der Waals surface area contributed by atoms with E-state index in [1.165, 1.54) is 4.88 Å². The average molecular weight is 254 g/mol. The maximum absolute atomic E-state index is 11.6. The van der Waals surface area contributed by atoms with E-state index in [9.17, 15) is 4.79 Å². The number of anilines is 1. The molecule has 1 aromatic rings. The minimum absolute atomic E-state index is 0.0440. The number of rotatable bonds is 2. The number of thiazole rings is 1. The Morgan fingerprint density at radius 1 is 1.47 bits per heavy atom. The Balaban J connectivity index is 1.88. The van der Waals surface area contributed by atoms with Crippen molar-refractivity contribution < 1.29 is 4.79 Å². The number of nitrogens with one attached hydrogen (secondary N) is 1. The normalized spacial score (nSPS) is 16.1. The van der Waals surface area contributed by atoms with Crippen LogP contribution in [0.3, 0.4) is 0 Å². The van der Waals surface area contributed by atoms with Crippen molar-refractivity contribution in [1.82, 2.24) is 15.2 Å². The molecule has 1 saturated heterocycles. The van der Waals surface area contributed by atoms with E-state index in [4.69, 9.17) is 0 Å².